The van der Waals surface area contributed by atoms with Gasteiger partial charge < -0.3 is 32.5 Å². The van der Waals surface area contributed by atoms with Crippen molar-refractivity contribution in [3.05, 3.63) is 198 Å². The number of aromatic nitrogens is 2. The van der Waals surface area contributed by atoms with Crippen LogP contribution in [0.15, 0.2) is 170 Å². The Labute approximate surface area is 446 Å². The number of allylic oxidation sites excluding steroid dienone is 8. The van der Waals surface area contributed by atoms with Gasteiger partial charge in [-0.1, -0.05) is 130 Å². The zero-order chi connectivity index (χ0) is 51.1. The molecule has 74 heavy (non-hydrogen) atoms. The van der Waals surface area contributed by atoms with Crippen molar-refractivity contribution in [2.75, 3.05) is 29.9 Å². The Hall–Kier alpha value is -7.30. The maximum absolute atomic E-state index is 13.1. The van der Waals surface area contributed by atoms with Crippen LogP contribution in [0.25, 0.3) is 32.4 Å². The van der Waals surface area contributed by atoms with Crippen molar-refractivity contribution < 1.29 is 35.9 Å². The summed E-state index contributed by atoms with van der Waals surface area (Å²) in [6, 6.07) is 39.9. The molecule has 0 fully saturated rings. The summed E-state index contributed by atoms with van der Waals surface area (Å²) in [5, 5.41) is 11.8. The van der Waals surface area contributed by atoms with Crippen molar-refractivity contribution in [2.24, 2.45) is 0 Å². The maximum Gasteiger partial charge on any atom is 0.224 e. The minimum absolute atomic E-state index is 0. The molecule has 6 aromatic carbocycles. The largest absolute Gasteiger partial charge is 1.00 e. The number of ketones is 1. The van der Waals surface area contributed by atoms with E-state index < -0.39 is 0 Å². The number of unbranched alkanes of at least 4 members (excludes halogenated alkanes) is 2. The third kappa shape index (κ3) is 11.3. The Balaban J connectivity index is 0.00000729. The summed E-state index contributed by atoms with van der Waals surface area (Å²) in [4.78, 5) is 49.5. The lowest BCUT2D eigenvalue weighted by atomic mass is 9.79. The summed E-state index contributed by atoms with van der Waals surface area (Å²) in [6.45, 7) is 15.1. The van der Waals surface area contributed by atoms with Gasteiger partial charge in [-0.15, -0.1) is 0 Å². The molecule has 0 saturated carbocycles. The molecule has 2 aliphatic heterocycles. The van der Waals surface area contributed by atoms with E-state index >= 15 is 0 Å². The number of nitrogens with one attached hydrogen (secondary N) is 2. The molecular formula is C64H67BrN6O3. The summed E-state index contributed by atoms with van der Waals surface area (Å²) in [6.07, 6.45) is 20.8. The minimum Gasteiger partial charge on any atom is -1.00 e. The van der Waals surface area contributed by atoms with Gasteiger partial charge in [-0.25, -0.2) is 9.97 Å². The molecule has 0 spiro atoms. The Kier molecular flexibility index (Phi) is 16.7. The minimum atomic E-state index is -0.225. The Morgan fingerprint density at radius 3 is 2.16 bits per heavy atom. The topological polar surface area (TPSA) is 107 Å². The number of halogens is 1. The molecule has 2 amide bonds. The molecule has 9 rings (SSSR count). The number of carbonyl (C=O) groups is 3. The first-order valence-electron chi connectivity index (χ1n) is 26.0. The van der Waals surface area contributed by atoms with E-state index in [0.717, 1.165) is 60.1 Å². The van der Waals surface area contributed by atoms with Gasteiger partial charge in [-0.05, 0) is 108 Å². The van der Waals surface area contributed by atoms with Crippen LogP contribution >= 0.6 is 0 Å². The smallest absolute Gasteiger partial charge is 0.224 e. The highest BCUT2D eigenvalue weighted by Crippen LogP contribution is 2.50. The standard InChI is InChI=1S/C64H66N6O3.BrH/c1-7-59(72)68-48-33-34-53-52(41-48)54(67-43-66-53)40-45-23-21-22-44(38-45)39-49(71)42-65-60(73)30-15-12-20-37-70-56-36-32-47-25-17-19-27-51(47)62(56)64(5,6)58(70)29-14-11-9-10-13-28-57-63(3,4)61-50-26-18-16-24-46(50)31-35-55(61)69(57)8-2;/h9-11,13-14,16-19,21-29,31-36,38,41,43H,7-8,12,15,20,30,37,39-40,42H2,1-6H3,(H-,65,68,72,73);1H. The Morgan fingerprint density at radius 1 is 0.676 bits per heavy atom. The van der Waals surface area contributed by atoms with E-state index in [4.69, 9.17) is 0 Å². The molecule has 378 valence electrons. The molecule has 0 bridgehead atoms. The van der Waals surface area contributed by atoms with Gasteiger partial charge in [-0.3, -0.25) is 14.4 Å². The average Bonchev–Trinajstić information content (AvgIpc) is 3.75. The first-order chi connectivity index (χ1) is 35.4. The molecule has 0 saturated heterocycles. The van der Waals surface area contributed by atoms with Crippen molar-refractivity contribution >= 4 is 72.8 Å². The monoisotopic (exact) mass is 1050 g/mol. The molecule has 2 N–H and O–H groups in total. The summed E-state index contributed by atoms with van der Waals surface area (Å²) in [7, 11) is 0. The fourth-order valence-corrected chi connectivity index (χ4v) is 11.1. The van der Waals surface area contributed by atoms with Crippen molar-refractivity contribution in [3.63, 3.8) is 0 Å². The zero-order valence-corrected chi connectivity index (χ0v) is 45.1. The molecule has 2 aliphatic rings. The van der Waals surface area contributed by atoms with Crippen LogP contribution in [-0.2, 0) is 38.1 Å². The SMILES string of the molecule is CCC(=O)Nc1ccc2ncnc(Cc3cccc(CC(=O)CNC(=O)CCCCC[N+]4=C(/C=C/C=C/C=C/C=C5\N(CC)c6ccc7ccccc7c6C5(C)C)C(C)(C)c5c4ccc4ccccc54)c3)c2c1.[Br-]. The number of fused-ring (bicyclic) bond motifs is 7. The molecule has 1 aromatic heterocycles. The second-order valence-corrected chi connectivity index (χ2v) is 20.3. The van der Waals surface area contributed by atoms with Crippen LogP contribution in [0.4, 0.5) is 17.1 Å². The molecule has 0 aliphatic carbocycles. The highest BCUT2D eigenvalue weighted by Gasteiger charge is 2.45. The van der Waals surface area contributed by atoms with Crippen molar-refractivity contribution in [1.29, 1.82) is 0 Å². The molecule has 7 aromatic rings. The quantitative estimate of drug-likeness (QED) is 0.0475. The van der Waals surface area contributed by atoms with E-state index in [1.807, 2.05) is 49.4 Å². The molecule has 9 nitrogen and oxygen atoms in total. The number of carbonyl (C=O) groups excluding carboxylic acids is 3. The van der Waals surface area contributed by atoms with Gasteiger partial charge in [0.25, 0.3) is 0 Å². The highest BCUT2D eigenvalue weighted by molar-refractivity contribution is 6.08. The molecule has 0 unspecified atom stereocenters. The molecule has 10 heteroatoms. The number of Topliss-reactive ketones (excluding diaryl/α,β-unsaturated/α-hetero) is 1. The number of hydrogen-bond donors (Lipinski definition) is 2. The Bertz CT molecular complexity index is 3420. The summed E-state index contributed by atoms with van der Waals surface area (Å²) < 4.78 is 2.48. The van der Waals surface area contributed by atoms with E-state index in [9.17, 15) is 14.4 Å². The number of likely N-dealkylation sites (N-methyl/N-ethyl adjacent to an activating group) is 1. The zero-order valence-electron chi connectivity index (χ0n) is 43.6. The first-order valence-corrected chi connectivity index (χ1v) is 26.0. The van der Waals surface area contributed by atoms with Crippen LogP contribution in [0.2, 0.25) is 0 Å². The molecular weight excluding hydrogens is 981 g/mol. The van der Waals surface area contributed by atoms with Gasteiger partial charge in [0.05, 0.1) is 23.2 Å². The first kappa shape index (κ1) is 53.0. The van der Waals surface area contributed by atoms with Gasteiger partial charge in [0.15, 0.2) is 11.5 Å². The Morgan fingerprint density at radius 2 is 1.39 bits per heavy atom. The molecule has 3 heterocycles. The highest BCUT2D eigenvalue weighted by atomic mass is 79.9. The van der Waals surface area contributed by atoms with Crippen molar-refractivity contribution in [1.82, 2.24) is 15.3 Å². The van der Waals surface area contributed by atoms with Crippen molar-refractivity contribution in [2.45, 2.75) is 97.3 Å². The summed E-state index contributed by atoms with van der Waals surface area (Å²) in [5.41, 5.74) is 11.7. The second-order valence-electron chi connectivity index (χ2n) is 20.3. The van der Waals surface area contributed by atoms with E-state index in [2.05, 4.69) is 180 Å². The third-order valence-corrected chi connectivity index (χ3v) is 14.6. The second kappa shape index (κ2) is 23.3. The normalized spacial score (nSPS) is 15.2. The van der Waals surface area contributed by atoms with Crippen molar-refractivity contribution in [3.8, 4) is 0 Å². The van der Waals surface area contributed by atoms with Crippen LogP contribution in [0, 0.1) is 0 Å². The van der Waals surface area contributed by atoms with E-state index in [1.54, 1.807) is 6.33 Å². The number of anilines is 2. The fourth-order valence-electron chi connectivity index (χ4n) is 11.1. The van der Waals surface area contributed by atoms with E-state index in [0.29, 0.717) is 24.9 Å². The summed E-state index contributed by atoms with van der Waals surface area (Å²) in [5.74, 6) is -0.211. The van der Waals surface area contributed by atoms with Gasteiger partial charge >= 0.3 is 0 Å². The van der Waals surface area contributed by atoms with E-state index in [-0.39, 0.29) is 58.4 Å². The van der Waals surface area contributed by atoms with Gasteiger partial charge in [0.1, 0.15) is 12.9 Å². The lowest BCUT2D eigenvalue weighted by Gasteiger charge is -2.26. The summed E-state index contributed by atoms with van der Waals surface area (Å²) >= 11 is 0. The predicted octanol–water partition coefficient (Wildman–Crippen LogP) is 10.1. The fraction of sp³-hybridized carbons (Fsp3) is 0.281. The molecule has 0 atom stereocenters. The van der Waals surface area contributed by atoms with Gasteiger partial charge in [0, 0.05) is 84.2 Å². The van der Waals surface area contributed by atoms with Crippen LogP contribution in [0.3, 0.4) is 0 Å². The number of hydrogen-bond acceptors (Lipinski definition) is 6. The van der Waals surface area contributed by atoms with Gasteiger partial charge in [0.2, 0.25) is 17.5 Å². The van der Waals surface area contributed by atoms with Crippen LogP contribution in [0.5, 0.6) is 0 Å². The van der Waals surface area contributed by atoms with E-state index in [1.165, 1.54) is 55.5 Å². The average molecular weight is 1050 g/mol. The van der Waals surface area contributed by atoms with Gasteiger partial charge in [-0.2, -0.15) is 4.58 Å². The lowest BCUT2D eigenvalue weighted by Crippen LogP contribution is -3.00. The number of rotatable bonds is 19. The lowest BCUT2D eigenvalue weighted by molar-refractivity contribution is -0.438. The van der Waals surface area contributed by atoms with Crippen LogP contribution in [0.1, 0.15) is 102 Å². The third-order valence-electron chi connectivity index (χ3n) is 14.6. The molecule has 0 radical (unpaired) electrons. The predicted molar refractivity (Wildman–Crippen MR) is 300 cm³/mol. The van der Waals surface area contributed by atoms with Crippen LogP contribution in [-0.4, -0.2) is 57.5 Å². The number of amides is 2. The maximum atomic E-state index is 13.1. The number of benzene rings is 6. The number of nitrogens with zero attached hydrogens (tertiary/aromatic N) is 4. The van der Waals surface area contributed by atoms with Crippen LogP contribution < -0.4 is 32.5 Å².